The maximum absolute atomic E-state index is 13.9. The molecule has 196 valence electrons. The summed E-state index contributed by atoms with van der Waals surface area (Å²) < 4.78 is 70.1. The molecule has 1 atom stereocenters. The summed E-state index contributed by atoms with van der Waals surface area (Å²) in [5.41, 5.74) is -1.00. The van der Waals surface area contributed by atoms with Crippen molar-refractivity contribution >= 4 is 26.9 Å². The van der Waals surface area contributed by atoms with Crippen LogP contribution in [0.15, 0.2) is 65.7 Å². The second-order valence-electron chi connectivity index (χ2n) is 9.87. The lowest BCUT2D eigenvalue weighted by Gasteiger charge is -2.21. The zero-order valence-electron chi connectivity index (χ0n) is 20.4. The van der Waals surface area contributed by atoms with Crippen LogP contribution in [-0.4, -0.2) is 33.1 Å². The molecule has 4 rings (SSSR count). The van der Waals surface area contributed by atoms with E-state index in [1.807, 2.05) is 20.8 Å². The highest BCUT2D eigenvalue weighted by molar-refractivity contribution is 7.90. The van der Waals surface area contributed by atoms with Crippen molar-refractivity contribution in [3.8, 4) is 0 Å². The molecule has 2 aromatic heterocycles. The van der Waals surface area contributed by atoms with Crippen molar-refractivity contribution in [3.05, 3.63) is 88.9 Å². The maximum Gasteiger partial charge on any atom is 0.416 e. The second kappa shape index (κ2) is 8.77. The quantitative estimate of drug-likeness (QED) is 0.361. The van der Waals surface area contributed by atoms with Gasteiger partial charge in [0.1, 0.15) is 11.8 Å². The lowest BCUT2D eigenvalue weighted by molar-refractivity contribution is -0.137. The number of aromatic carboxylic acids is 1. The largest absolute Gasteiger partial charge is 0.477 e. The van der Waals surface area contributed by atoms with Crippen molar-refractivity contribution in [3.63, 3.8) is 0 Å². The topological polar surface area (TPSA) is 102 Å². The van der Waals surface area contributed by atoms with E-state index in [4.69, 9.17) is 0 Å². The van der Waals surface area contributed by atoms with Crippen molar-refractivity contribution in [2.75, 3.05) is 0 Å². The first-order chi connectivity index (χ1) is 17.0. The first-order valence-electron chi connectivity index (χ1n) is 11.2. The first kappa shape index (κ1) is 26.5. The highest BCUT2D eigenvalue weighted by Gasteiger charge is 2.33. The van der Waals surface area contributed by atoms with Gasteiger partial charge in [-0.25, -0.2) is 17.2 Å². The molecular formula is C26H25F3N2O5S. The Balaban J connectivity index is 2.00. The van der Waals surface area contributed by atoms with Crippen LogP contribution in [0, 0.1) is 0 Å². The van der Waals surface area contributed by atoms with Gasteiger partial charge < -0.3 is 14.8 Å². The molecule has 2 heterocycles. The normalized spacial score (nSPS) is 13.7. The summed E-state index contributed by atoms with van der Waals surface area (Å²) in [5, 5.41) is 20.5. The number of benzene rings is 2. The number of aliphatic hydroxyl groups is 1. The molecular weight excluding hydrogens is 509 g/mol. The number of aromatic nitrogens is 2. The SMILES string of the molecule is Cn1cc(C(O)c2cc3cc(C(F)(F)F)ccc3n2S(=O)(=O)c2cccc(C(C)(C)C)c2)cc1C(=O)O. The molecule has 0 saturated heterocycles. The number of carboxylic acids is 1. The van der Waals surface area contributed by atoms with Gasteiger partial charge in [-0.15, -0.1) is 0 Å². The van der Waals surface area contributed by atoms with Crippen molar-refractivity contribution in [2.45, 2.75) is 43.4 Å². The Bertz CT molecular complexity index is 1630. The molecule has 4 aromatic rings. The van der Waals surface area contributed by atoms with E-state index >= 15 is 0 Å². The summed E-state index contributed by atoms with van der Waals surface area (Å²) >= 11 is 0. The predicted molar refractivity (Wildman–Crippen MR) is 131 cm³/mol. The number of halogens is 3. The lowest BCUT2D eigenvalue weighted by atomic mass is 9.87. The van der Waals surface area contributed by atoms with Crippen LogP contribution in [0.1, 0.15) is 59.7 Å². The molecule has 37 heavy (non-hydrogen) atoms. The third kappa shape index (κ3) is 4.76. The predicted octanol–water partition coefficient (Wildman–Crippen LogP) is 5.31. The van der Waals surface area contributed by atoms with Crippen LogP contribution < -0.4 is 0 Å². The zero-order chi connectivity index (χ0) is 27.5. The van der Waals surface area contributed by atoms with Crippen molar-refractivity contribution in [1.29, 1.82) is 0 Å². The Morgan fingerprint density at radius 1 is 0.973 bits per heavy atom. The standard InChI is InChI=1S/C26H25F3N2O5S/c1-25(2,3)17-6-5-7-19(13-17)37(35,36)31-20-9-8-18(26(27,28)29)10-15(20)11-21(31)23(32)16-12-22(24(33)34)30(4)14-16/h5-14,23,32H,1-4H3,(H,33,34). The lowest BCUT2D eigenvalue weighted by Crippen LogP contribution is -2.19. The van der Waals surface area contributed by atoms with Crippen LogP contribution >= 0.6 is 0 Å². The van der Waals surface area contributed by atoms with E-state index in [9.17, 15) is 36.6 Å². The zero-order valence-corrected chi connectivity index (χ0v) is 21.2. The number of carboxylic acid groups (broad SMARTS) is 1. The highest BCUT2D eigenvalue weighted by atomic mass is 32.2. The Kier molecular flexibility index (Phi) is 6.28. The number of aliphatic hydroxyl groups excluding tert-OH is 1. The van der Waals surface area contributed by atoms with Gasteiger partial charge >= 0.3 is 12.1 Å². The molecule has 0 aliphatic carbocycles. The highest BCUT2D eigenvalue weighted by Crippen LogP contribution is 2.37. The summed E-state index contributed by atoms with van der Waals surface area (Å²) in [6.07, 6.45) is -4.99. The smallest absolute Gasteiger partial charge is 0.416 e. The summed E-state index contributed by atoms with van der Waals surface area (Å²) in [4.78, 5) is 11.4. The molecule has 2 N–H and O–H groups in total. The molecule has 0 radical (unpaired) electrons. The molecule has 0 aliphatic rings. The van der Waals surface area contributed by atoms with E-state index in [-0.39, 0.29) is 38.2 Å². The minimum absolute atomic E-state index is 0.0474. The monoisotopic (exact) mass is 534 g/mol. The summed E-state index contributed by atoms with van der Waals surface area (Å²) in [6.45, 7) is 5.73. The van der Waals surface area contributed by atoms with E-state index in [1.165, 1.54) is 42.1 Å². The van der Waals surface area contributed by atoms with Crippen LogP contribution in [0.4, 0.5) is 13.2 Å². The van der Waals surface area contributed by atoms with Crippen molar-refractivity contribution in [1.82, 2.24) is 8.54 Å². The van der Waals surface area contributed by atoms with Gasteiger partial charge in [0.2, 0.25) is 0 Å². The maximum atomic E-state index is 13.9. The molecule has 0 fully saturated rings. The minimum Gasteiger partial charge on any atom is -0.477 e. The van der Waals surface area contributed by atoms with Gasteiger partial charge in [0, 0.05) is 24.2 Å². The number of nitrogens with zero attached hydrogens (tertiary/aromatic N) is 2. The summed E-state index contributed by atoms with van der Waals surface area (Å²) in [7, 11) is -2.96. The Morgan fingerprint density at radius 3 is 2.22 bits per heavy atom. The molecule has 2 aromatic carbocycles. The number of alkyl halides is 3. The van der Waals surface area contributed by atoms with Gasteiger partial charge in [-0.1, -0.05) is 32.9 Å². The van der Waals surface area contributed by atoms with E-state index in [0.29, 0.717) is 0 Å². The number of fused-ring (bicyclic) bond motifs is 1. The van der Waals surface area contributed by atoms with E-state index in [1.54, 1.807) is 12.1 Å². The average Bonchev–Trinajstić information content (AvgIpc) is 3.38. The Morgan fingerprint density at radius 2 is 1.65 bits per heavy atom. The van der Waals surface area contributed by atoms with Crippen LogP contribution in [0.2, 0.25) is 0 Å². The third-order valence-corrected chi connectivity index (χ3v) is 7.93. The molecule has 0 aliphatic heterocycles. The summed E-state index contributed by atoms with van der Waals surface area (Å²) in [6, 6.07) is 11.2. The van der Waals surface area contributed by atoms with Crippen LogP contribution in [0.25, 0.3) is 10.9 Å². The molecule has 0 saturated carbocycles. The molecule has 11 heteroatoms. The van der Waals surface area contributed by atoms with Crippen LogP contribution in [0.5, 0.6) is 0 Å². The number of carbonyl (C=O) groups is 1. The molecule has 0 spiro atoms. The fraction of sp³-hybridized carbons (Fsp3) is 0.269. The average molecular weight is 535 g/mol. The van der Waals surface area contributed by atoms with Gasteiger partial charge in [0.25, 0.3) is 10.0 Å². The van der Waals surface area contributed by atoms with Gasteiger partial charge in [-0.3, -0.25) is 0 Å². The van der Waals surface area contributed by atoms with Gasteiger partial charge in [0.15, 0.2) is 0 Å². The Labute approximate surface area is 211 Å². The number of hydrogen-bond acceptors (Lipinski definition) is 4. The van der Waals surface area contributed by atoms with E-state index in [2.05, 4.69) is 0 Å². The fourth-order valence-corrected chi connectivity index (χ4v) is 5.79. The molecule has 0 bridgehead atoms. The first-order valence-corrected chi connectivity index (χ1v) is 12.6. The van der Waals surface area contributed by atoms with Gasteiger partial charge in [0.05, 0.1) is 21.7 Å². The van der Waals surface area contributed by atoms with Crippen LogP contribution in [-0.2, 0) is 28.7 Å². The Hall–Kier alpha value is -3.57. The molecule has 7 nitrogen and oxygen atoms in total. The minimum atomic E-state index is -4.66. The third-order valence-electron chi connectivity index (χ3n) is 6.19. The summed E-state index contributed by atoms with van der Waals surface area (Å²) in [5.74, 6) is -1.26. The number of hydrogen-bond donors (Lipinski definition) is 2. The van der Waals surface area contributed by atoms with Crippen molar-refractivity contribution in [2.24, 2.45) is 7.05 Å². The van der Waals surface area contributed by atoms with Gasteiger partial charge in [-0.2, -0.15) is 13.2 Å². The second-order valence-corrected chi connectivity index (χ2v) is 11.7. The fourth-order valence-electron chi connectivity index (χ4n) is 4.20. The van der Waals surface area contributed by atoms with E-state index in [0.717, 1.165) is 27.7 Å². The van der Waals surface area contributed by atoms with Crippen molar-refractivity contribution < 1.29 is 36.6 Å². The molecule has 0 amide bonds. The number of rotatable bonds is 5. The molecule has 1 unspecified atom stereocenters. The van der Waals surface area contributed by atoms with E-state index < -0.39 is 33.8 Å². The number of aryl methyl sites for hydroxylation is 1. The van der Waals surface area contributed by atoms with Gasteiger partial charge in [-0.05, 0) is 53.4 Å². The van der Waals surface area contributed by atoms with Crippen LogP contribution in [0.3, 0.4) is 0 Å².